The molecule has 1 aromatic heterocycles. The third kappa shape index (κ3) is 2.20. The quantitative estimate of drug-likeness (QED) is 0.888. The molecular weight excluding hydrogens is 266 g/mol. The van der Waals surface area contributed by atoms with E-state index >= 15 is 0 Å². The van der Waals surface area contributed by atoms with Gasteiger partial charge in [-0.1, -0.05) is 6.07 Å². The molecule has 1 aliphatic heterocycles. The highest BCUT2D eigenvalue weighted by Crippen LogP contribution is 2.35. The fraction of sp³-hybridized carbons (Fsp3) is 0.250. The summed E-state index contributed by atoms with van der Waals surface area (Å²) in [4.78, 5) is 15.9. The summed E-state index contributed by atoms with van der Waals surface area (Å²) in [5, 5.41) is 6.32. The highest BCUT2D eigenvalue weighted by molar-refractivity contribution is 5.96. The van der Waals surface area contributed by atoms with E-state index in [1.807, 2.05) is 30.5 Å². The first-order chi connectivity index (χ1) is 10.3. The van der Waals surface area contributed by atoms with Crippen molar-refractivity contribution >= 4 is 17.3 Å². The SMILES string of the molecule is O=C1COc2ccc(NC3CCc4cccnc43)cc2N1. The Morgan fingerprint density at radius 1 is 1.33 bits per heavy atom. The van der Waals surface area contributed by atoms with Gasteiger partial charge < -0.3 is 15.4 Å². The Hall–Kier alpha value is -2.56. The molecule has 2 aromatic rings. The predicted molar refractivity (Wildman–Crippen MR) is 79.5 cm³/mol. The monoisotopic (exact) mass is 281 g/mol. The molecule has 1 atom stereocenters. The van der Waals surface area contributed by atoms with Crippen LogP contribution in [0.3, 0.4) is 0 Å². The third-order valence-electron chi connectivity index (χ3n) is 3.91. The minimum Gasteiger partial charge on any atom is -0.482 e. The van der Waals surface area contributed by atoms with E-state index in [0.29, 0.717) is 5.75 Å². The zero-order chi connectivity index (χ0) is 14.2. The van der Waals surface area contributed by atoms with Gasteiger partial charge in [-0.15, -0.1) is 0 Å². The number of benzene rings is 1. The van der Waals surface area contributed by atoms with E-state index in [9.17, 15) is 4.79 Å². The van der Waals surface area contributed by atoms with Gasteiger partial charge in [0, 0.05) is 11.9 Å². The average molecular weight is 281 g/mol. The number of pyridine rings is 1. The van der Waals surface area contributed by atoms with Crippen molar-refractivity contribution in [1.82, 2.24) is 4.98 Å². The summed E-state index contributed by atoms with van der Waals surface area (Å²) in [5.74, 6) is 0.595. The van der Waals surface area contributed by atoms with E-state index < -0.39 is 0 Å². The van der Waals surface area contributed by atoms with Gasteiger partial charge in [0.25, 0.3) is 5.91 Å². The van der Waals surface area contributed by atoms with Crippen LogP contribution in [0, 0.1) is 0 Å². The molecule has 0 bridgehead atoms. The summed E-state index contributed by atoms with van der Waals surface area (Å²) in [7, 11) is 0. The minimum atomic E-state index is -0.118. The number of hydrogen-bond acceptors (Lipinski definition) is 4. The predicted octanol–water partition coefficient (Wildman–Crippen LogP) is 2.51. The van der Waals surface area contributed by atoms with Gasteiger partial charge >= 0.3 is 0 Å². The van der Waals surface area contributed by atoms with Crippen molar-refractivity contribution < 1.29 is 9.53 Å². The molecule has 0 spiro atoms. The van der Waals surface area contributed by atoms with Crippen molar-refractivity contribution in [2.45, 2.75) is 18.9 Å². The number of carbonyl (C=O) groups is 1. The van der Waals surface area contributed by atoms with Crippen LogP contribution in [0.15, 0.2) is 36.5 Å². The molecule has 1 amide bonds. The van der Waals surface area contributed by atoms with Crippen LogP contribution in [0.25, 0.3) is 0 Å². The Kier molecular flexibility index (Phi) is 2.77. The first-order valence-electron chi connectivity index (χ1n) is 7.06. The lowest BCUT2D eigenvalue weighted by Gasteiger charge is -2.20. The lowest BCUT2D eigenvalue weighted by Crippen LogP contribution is -2.25. The molecular formula is C16H15N3O2. The first-order valence-corrected chi connectivity index (χ1v) is 7.06. The molecule has 21 heavy (non-hydrogen) atoms. The fourth-order valence-electron chi connectivity index (χ4n) is 2.93. The van der Waals surface area contributed by atoms with Gasteiger partial charge in [-0.2, -0.15) is 0 Å². The molecule has 0 saturated carbocycles. The van der Waals surface area contributed by atoms with Gasteiger partial charge in [0.05, 0.1) is 17.4 Å². The maximum atomic E-state index is 11.4. The zero-order valence-electron chi connectivity index (χ0n) is 11.4. The van der Waals surface area contributed by atoms with Crippen LogP contribution in [0.1, 0.15) is 23.7 Å². The molecule has 0 fully saturated rings. The molecule has 1 aromatic carbocycles. The highest BCUT2D eigenvalue weighted by Gasteiger charge is 2.24. The molecule has 5 nitrogen and oxygen atoms in total. The Balaban J connectivity index is 1.59. The molecule has 2 aliphatic rings. The molecule has 4 rings (SSSR count). The Morgan fingerprint density at radius 3 is 3.24 bits per heavy atom. The maximum absolute atomic E-state index is 11.4. The van der Waals surface area contributed by atoms with E-state index in [1.165, 1.54) is 5.56 Å². The second-order valence-electron chi connectivity index (χ2n) is 5.33. The van der Waals surface area contributed by atoms with Crippen LogP contribution in [-0.4, -0.2) is 17.5 Å². The van der Waals surface area contributed by atoms with Crippen molar-refractivity contribution in [3.8, 4) is 5.75 Å². The standard InChI is InChI=1S/C16H15N3O2/c20-15-9-21-14-6-4-11(8-13(14)19-15)18-12-5-3-10-2-1-7-17-16(10)12/h1-2,4,6-8,12,18H,3,5,9H2,(H,19,20). The zero-order valence-corrected chi connectivity index (χ0v) is 11.4. The number of carbonyl (C=O) groups excluding carboxylic acids is 1. The van der Waals surface area contributed by atoms with E-state index in [4.69, 9.17) is 4.74 Å². The second kappa shape index (κ2) is 4.77. The molecule has 1 unspecified atom stereocenters. The number of amides is 1. The smallest absolute Gasteiger partial charge is 0.262 e. The second-order valence-corrected chi connectivity index (χ2v) is 5.33. The van der Waals surface area contributed by atoms with E-state index in [0.717, 1.165) is 29.9 Å². The van der Waals surface area contributed by atoms with Crippen molar-refractivity contribution in [3.05, 3.63) is 47.8 Å². The summed E-state index contributed by atoms with van der Waals surface area (Å²) >= 11 is 0. The van der Waals surface area contributed by atoms with Gasteiger partial charge in [0.2, 0.25) is 0 Å². The normalized spacial score (nSPS) is 19.2. The van der Waals surface area contributed by atoms with Gasteiger partial charge in [-0.05, 0) is 42.7 Å². The number of aryl methyl sites for hydroxylation is 1. The van der Waals surface area contributed by atoms with Crippen molar-refractivity contribution in [2.75, 3.05) is 17.2 Å². The topological polar surface area (TPSA) is 63.2 Å². The summed E-state index contributed by atoms with van der Waals surface area (Å²) < 4.78 is 5.36. The number of fused-ring (bicyclic) bond motifs is 2. The average Bonchev–Trinajstić information content (AvgIpc) is 2.90. The minimum absolute atomic E-state index is 0.0830. The molecule has 5 heteroatoms. The van der Waals surface area contributed by atoms with Crippen LogP contribution in [-0.2, 0) is 11.2 Å². The number of aromatic nitrogens is 1. The lowest BCUT2D eigenvalue weighted by molar-refractivity contribution is -0.118. The number of anilines is 2. The molecule has 0 radical (unpaired) electrons. The number of nitrogens with zero attached hydrogens (tertiary/aromatic N) is 1. The van der Waals surface area contributed by atoms with Gasteiger partial charge in [-0.25, -0.2) is 0 Å². The summed E-state index contributed by atoms with van der Waals surface area (Å²) in [6, 6.07) is 10.1. The van der Waals surface area contributed by atoms with Crippen LogP contribution < -0.4 is 15.4 Å². The van der Waals surface area contributed by atoms with Crippen LogP contribution >= 0.6 is 0 Å². The van der Waals surface area contributed by atoms with Crippen molar-refractivity contribution in [1.29, 1.82) is 0 Å². The van der Waals surface area contributed by atoms with E-state index in [-0.39, 0.29) is 18.6 Å². The Labute approximate surface area is 122 Å². The summed E-state index contributed by atoms with van der Waals surface area (Å²) in [6.45, 7) is 0.0830. The number of ether oxygens (including phenoxy) is 1. The summed E-state index contributed by atoms with van der Waals surface area (Å²) in [5.41, 5.74) is 4.11. The number of hydrogen-bond donors (Lipinski definition) is 2. The molecule has 0 saturated heterocycles. The molecule has 2 N–H and O–H groups in total. The first kappa shape index (κ1) is 12.2. The van der Waals surface area contributed by atoms with Crippen LogP contribution in [0.4, 0.5) is 11.4 Å². The van der Waals surface area contributed by atoms with E-state index in [2.05, 4.69) is 21.7 Å². The van der Waals surface area contributed by atoms with E-state index in [1.54, 1.807) is 0 Å². The maximum Gasteiger partial charge on any atom is 0.262 e. The van der Waals surface area contributed by atoms with Crippen molar-refractivity contribution in [3.63, 3.8) is 0 Å². The van der Waals surface area contributed by atoms with Crippen LogP contribution in [0.2, 0.25) is 0 Å². The third-order valence-corrected chi connectivity index (χ3v) is 3.91. The van der Waals surface area contributed by atoms with Gasteiger partial charge in [0.15, 0.2) is 6.61 Å². The fourth-order valence-corrected chi connectivity index (χ4v) is 2.93. The van der Waals surface area contributed by atoms with Gasteiger partial charge in [-0.3, -0.25) is 9.78 Å². The number of rotatable bonds is 2. The Bertz CT molecular complexity index is 714. The molecule has 2 heterocycles. The molecule has 1 aliphatic carbocycles. The van der Waals surface area contributed by atoms with Crippen LogP contribution in [0.5, 0.6) is 5.75 Å². The van der Waals surface area contributed by atoms with Gasteiger partial charge in [0.1, 0.15) is 5.75 Å². The van der Waals surface area contributed by atoms with Crippen molar-refractivity contribution in [2.24, 2.45) is 0 Å². The summed E-state index contributed by atoms with van der Waals surface area (Å²) in [6.07, 6.45) is 3.91. The Morgan fingerprint density at radius 2 is 2.29 bits per heavy atom. The number of nitrogens with one attached hydrogen (secondary N) is 2. The highest BCUT2D eigenvalue weighted by atomic mass is 16.5. The lowest BCUT2D eigenvalue weighted by atomic mass is 10.2. The largest absolute Gasteiger partial charge is 0.482 e. The molecule has 106 valence electrons.